The van der Waals surface area contributed by atoms with E-state index < -0.39 is 10.0 Å². The lowest BCUT2D eigenvalue weighted by Gasteiger charge is -2.08. The number of carbonyl (C=O) groups is 1. The van der Waals surface area contributed by atoms with Crippen molar-refractivity contribution >= 4 is 32.4 Å². The van der Waals surface area contributed by atoms with Crippen LogP contribution in [0.1, 0.15) is 19.0 Å². The van der Waals surface area contributed by atoms with Crippen LogP contribution >= 0.6 is 11.3 Å². The molecule has 0 aliphatic heterocycles. The molecule has 0 spiro atoms. The molecule has 0 aliphatic carbocycles. The van der Waals surface area contributed by atoms with E-state index in [2.05, 4.69) is 15.0 Å². The lowest BCUT2D eigenvalue weighted by atomic mass is 10.3. The molecule has 0 saturated heterocycles. The number of rotatable bonds is 8. The number of carbonyl (C=O) groups excluding carboxylic acids is 1. The molecule has 0 bridgehead atoms. The molecule has 1 amide bonds. The van der Waals surface area contributed by atoms with Crippen LogP contribution in [0.3, 0.4) is 0 Å². The van der Waals surface area contributed by atoms with Gasteiger partial charge in [0.05, 0.1) is 17.2 Å². The molecule has 1 aromatic heterocycles. The summed E-state index contributed by atoms with van der Waals surface area (Å²) in [6.45, 7) is 4.20. The van der Waals surface area contributed by atoms with Crippen LogP contribution in [0.2, 0.25) is 0 Å². The highest BCUT2D eigenvalue weighted by Gasteiger charge is 2.14. The van der Waals surface area contributed by atoms with Crippen molar-refractivity contribution in [3.63, 3.8) is 0 Å². The first kappa shape index (κ1) is 18.4. The third-order valence-corrected chi connectivity index (χ3v) is 5.31. The Morgan fingerprint density at radius 2 is 2.00 bits per heavy atom. The fraction of sp³-hybridized carbons (Fsp3) is 0.333. The molecule has 2 aromatic rings. The van der Waals surface area contributed by atoms with Gasteiger partial charge in [-0.25, -0.2) is 18.1 Å². The van der Waals surface area contributed by atoms with Gasteiger partial charge < -0.3 is 10.1 Å². The molecule has 9 heteroatoms. The van der Waals surface area contributed by atoms with Crippen LogP contribution in [-0.2, 0) is 14.8 Å². The summed E-state index contributed by atoms with van der Waals surface area (Å²) in [6, 6.07) is 6.11. The van der Waals surface area contributed by atoms with Gasteiger partial charge in [0.1, 0.15) is 5.75 Å². The minimum atomic E-state index is -3.65. The standard InChI is InChI=1S/C15H19N3O4S2/c1-3-22-12-4-6-13(7-5-12)24(20,21)16-9-8-14(19)18-15-17-11(2)10-23-15/h4-7,10,16H,3,8-9H2,1-2H3,(H,17,18,19). The van der Waals surface area contributed by atoms with Crippen LogP contribution in [-0.4, -0.2) is 32.5 Å². The van der Waals surface area contributed by atoms with Crippen molar-refractivity contribution in [2.45, 2.75) is 25.2 Å². The number of ether oxygens (including phenoxy) is 1. The van der Waals surface area contributed by atoms with Crippen molar-refractivity contribution < 1.29 is 17.9 Å². The van der Waals surface area contributed by atoms with Gasteiger partial charge in [0, 0.05) is 18.3 Å². The zero-order valence-corrected chi connectivity index (χ0v) is 15.0. The second-order valence-corrected chi connectivity index (χ2v) is 7.52. The first-order chi connectivity index (χ1) is 11.4. The average Bonchev–Trinajstić information content (AvgIpc) is 2.93. The fourth-order valence-corrected chi connectivity index (χ4v) is 3.59. The van der Waals surface area contributed by atoms with Crippen molar-refractivity contribution in [3.05, 3.63) is 35.3 Å². The smallest absolute Gasteiger partial charge is 0.240 e. The Morgan fingerprint density at radius 3 is 2.58 bits per heavy atom. The lowest BCUT2D eigenvalue weighted by molar-refractivity contribution is -0.116. The Hall–Kier alpha value is -1.97. The molecule has 0 fully saturated rings. The highest BCUT2D eigenvalue weighted by Crippen LogP contribution is 2.16. The van der Waals surface area contributed by atoms with Crippen LogP contribution in [0.25, 0.3) is 0 Å². The summed E-state index contributed by atoms with van der Waals surface area (Å²) >= 11 is 1.33. The molecule has 2 N–H and O–H groups in total. The number of nitrogens with one attached hydrogen (secondary N) is 2. The third kappa shape index (κ3) is 5.29. The summed E-state index contributed by atoms with van der Waals surface area (Å²) in [5.74, 6) is 0.313. The molecule has 0 radical (unpaired) electrons. The molecular formula is C15H19N3O4S2. The summed E-state index contributed by atoms with van der Waals surface area (Å²) in [7, 11) is -3.65. The fourth-order valence-electron chi connectivity index (χ4n) is 1.86. The number of hydrogen-bond acceptors (Lipinski definition) is 6. The van der Waals surface area contributed by atoms with E-state index in [9.17, 15) is 13.2 Å². The Labute approximate surface area is 145 Å². The molecule has 24 heavy (non-hydrogen) atoms. The molecule has 1 aromatic carbocycles. The minimum absolute atomic E-state index is 0.00569. The van der Waals surface area contributed by atoms with Gasteiger partial charge in [-0.15, -0.1) is 11.3 Å². The predicted molar refractivity (Wildman–Crippen MR) is 92.9 cm³/mol. The van der Waals surface area contributed by atoms with Gasteiger partial charge in [0.15, 0.2) is 5.13 Å². The van der Waals surface area contributed by atoms with Gasteiger partial charge >= 0.3 is 0 Å². The van der Waals surface area contributed by atoms with Crippen LogP contribution < -0.4 is 14.8 Å². The third-order valence-electron chi connectivity index (χ3n) is 2.95. The molecule has 2 rings (SSSR count). The average molecular weight is 369 g/mol. The maximum atomic E-state index is 12.2. The zero-order valence-electron chi connectivity index (χ0n) is 13.4. The lowest BCUT2D eigenvalue weighted by Crippen LogP contribution is -2.27. The van der Waals surface area contributed by atoms with Crippen LogP contribution in [0.5, 0.6) is 5.75 Å². The maximum absolute atomic E-state index is 12.2. The molecule has 0 saturated carbocycles. The summed E-state index contributed by atoms with van der Waals surface area (Å²) in [4.78, 5) is 16.0. The number of aryl methyl sites for hydroxylation is 1. The molecule has 1 heterocycles. The van der Waals surface area contributed by atoms with Crippen molar-refractivity contribution in [1.82, 2.24) is 9.71 Å². The quantitative estimate of drug-likeness (QED) is 0.743. The van der Waals surface area contributed by atoms with Crippen molar-refractivity contribution in [3.8, 4) is 5.75 Å². The van der Waals surface area contributed by atoms with Gasteiger partial charge in [0.2, 0.25) is 15.9 Å². The van der Waals surface area contributed by atoms with Crippen LogP contribution in [0.4, 0.5) is 5.13 Å². The van der Waals surface area contributed by atoms with Gasteiger partial charge in [-0.1, -0.05) is 0 Å². The first-order valence-electron chi connectivity index (χ1n) is 7.35. The highest BCUT2D eigenvalue weighted by atomic mass is 32.2. The Kier molecular flexibility index (Phi) is 6.29. The molecule has 0 atom stereocenters. The van der Waals surface area contributed by atoms with Gasteiger partial charge in [-0.3, -0.25) is 4.79 Å². The van der Waals surface area contributed by atoms with E-state index in [1.54, 1.807) is 12.1 Å². The van der Waals surface area contributed by atoms with Crippen LogP contribution in [0, 0.1) is 6.92 Å². The number of anilines is 1. The van der Waals surface area contributed by atoms with Crippen molar-refractivity contribution in [2.75, 3.05) is 18.5 Å². The molecule has 0 aliphatic rings. The number of nitrogens with zero attached hydrogens (tertiary/aromatic N) is 1. The van der Waals surface area contributed by atoms with E-state index in [0.717, 1.165) is 5.69 Å². The summed E-state index contributed by atoms with van der Waals surface area (Å²) in [5, 5.41) is 4.96. The maximum Gasteiger partial charge on any atom is 0.240 e. The first-order valence-corrected chi connectivity index (χ1v) is 9.71. The van der Waals surface area contributed by atoms with E-state index in [4.69, 9.17) is 4.74 Å². The Balaban J connectivity index is 1.84. The molecule has 130 valence electrons. The SMILES string of the molecule is CCOc1ccc(S(=O)(=O)NCCC(=O)Nc2nc(C)cs2)cc1. The van der Waals surface area contributed by atoms with Gasteiger partial charge in [-0.2, -0.15) is 0 Å². The van der Waals surface area contributed by atoms with Crippen LogP contribution in [0.15, 0.2) is 34.5 Å². The molecular weight excluding hydrogens is 350 g/mol. The van der Waals surface area contributed by atoms with E-state index in [0.29, 0.717) is 17.5 Å². The number of sulfonamides is 1. The monoisotopic (exact) mass is 369 g/mol. The predicted octanol–water partition coefficient (Wildman–Crippen LogP) is 2.16. The normalized spacial score (nSPS) is 11.2. The molecule has 7 nitrogen and oxygen atoms in total. The Morgan fingerprint density at radius 1 is 1.29 bits per heavy atom. The van der Waals surface area contributed by atoms with E-state index in [1.165, 1.54) is 23.5 Å². The summed E-state index contributed by atoms with van der Waals surface area (Å²) < 4.78 is 32.0. The van der Waals surface area contributed by atoms with E-state index >= 15 is 0 Å². The number of aromatic nitrogens is 1. The van der Waals surface area contributed by atoms with E-state index in [1.807, 2.05) is 19.2 Å². The van der Waals surface area contributed by atoms with Crippen molar-refractivity contribution in [1.29, 1.82) is 0 Å². The van der Waals surface area contributed by atoms with Gasteiger partial charge in [0.25, 0.3) is 0 Å². The minimum Gasteiger partial charge on any atom is -0.494 e. The topological polar surface area (TPSA) is 97.4 Å². The number of benzene rings is 1. The zero-order chi connectivity index (χ0) is 17.6. The van der Waals surface area contributed by atoms with Gasteiger partial charge in [-0.05, 0) is 38.1 Å². The Bertz CT molecular complexity index is 785. The molecule has 0 unspecified atom stereocenters. The van der Waals surface area contributed by atoms with Crippen molar-refractivity contribution in [2.24, 2.45) is 0 Å². The number of amides is 1. The second-order valence-electron chi connectivity index (χ2n) is 4.89. The number of hydrogen-bond donors (Lipinski definition) is 2. The highest BCUT2D eigenvalue weighted by molar-refractivity contribution is 7.89. The second kappa shape index (κ2) is 8.22. The summed E-state index contributed by atoms with van der Waals surface area (Å²) in [6.07, 6.45) is 0.0227. The van der Waals surface area contributed by atoms with E-state index in [-0.39, 0.29) is 23.8 Å². The summed E-state index contributed by atoms with van der Waals surface area (Å²) in [5.41, 5.74) is 0.825. The number of thiazole rings is 1. The largest absolute Gasteiger partial charge is 0.494 e.